The van der Waals surface area contributed by atoms with Gasteiger partial charge in [0.25, 0.3) is 0 Å². The quantitative estimate of drug-likeness (QED) is 0.696. The zero-order valence-electron chi connectivity index (χ0n) is 12.7. The molecule has 0 saturated heterocycles. The van der Waals surface area contributed by atoms with E-state index in [0.717, 1.165) is 45.1 Å². The third-order valence-corrected chi connectivity index (χ3v) is 3.00. The molecule has 0 aliphatic heterocycles. The summed E-state index contributed by atoms with van der Waals surface area (Å²) in [4.78, 5) is 6.71. The molecule has 4 nitrogen and oxygen atoms in total. The summed E-state index contributed by atoms with van der Waals surface area (Å²) in [7, 11) is 2.06. The van der Waals surface area contributed by atoms with Gasteiger partial charge in [0.1, 0.15) is 5.82 Å². The van der Waals surface area contributed by atoms with E-state index < -0.39 is 0 Å². The highest BCUT2D eigenvalue weighted by Crippen LogP contribution is 2.16. The highest BCUT2D eigenvalue weighted by atomic mass is 16.5. The molecule has 0 bridgehead atoms. The fourth-order valence-electron chi connectivity index (χ4n) is 1.98. The van der Waals surface area contributed by atoms with Crippen LogP contribution in [0.4, 0.5) is 5.82 Å². The van der Waals surface area contributed by atoms with Crippen molar-refractivity contribution in [3.63, 3.8) is 0 Å². The van der Waals surface area contributed by atoms with Gasteiger partial charge in [-0.1, -0.05) is 6.92 Å². The minimum Gasteiger partial charge on any atom is -0.380 e. The molecule has 108 valence electrons. The lowest BCUT2D eigenvalue weighted by atomic mass is 10.2. The van der Waals surface area contributed by atoms with Crippen LogP contribution in [-0.2, 0) is 11.3 Å². The maximum atomic E-state index is 5.38. The van der Waals surface area contributed by atoms with E-state index in [4.69, 9.17) is 4.74 Å². The number of ether oxygens (including phenoxy) is 1. The van der Waals surface area contributed by atoms with Crippen LogP contribution in [0.5, 0.6) is 0 Å². The normalized spacial score (nSPS) is 10.7. The van der Waals surface area contributed by atoms with Crippen LogP contribution in [0.15, 0.2) is 12.3 Å². The summed E-state index contributed by atoms with van der Waals surface area (Å²) in [5.74, 6) is 1.04. The average molecular weight is 265 g/mol. The van der Waals surface area contributed by atoms with E-state index in [-0.39, 0.29) is 0 Å². The minimum atomic E-state index is 0.744. The smallest absolute Gasteiger partial charge is 0.131 e. The van der Waals surface area contributed by atoms with Gasteiger partial charge in [-0.05, 0) is 44.0 Å². The van der Waals surface area contributed by atoms with Crippen LogP contribution in [-0.4, -0.2) is 38.3 Å². The van der Waals surface area contributed by atoms with Gasteiger partial charge in [0, 0.05) is 32.9 Å². The first kappa shape index (κ1) is 15.9. The first-order chi connectivity index (χ1) is 9.19. The average Bonchev–Trinajstić information content (AvgIpc) is 2.39. The van der Waals surface area contributed by atoms with Crippen molar-refractivity contribution in [3.8, 4) is 0 Å². The number of hydrogen-bond acceptors (Lipinski definition) is 4. The summed E-state index contributed by atoms with van der Waals surface area (Å²) in [6, 6.07) is 2.21. The molecule has 1 rings (SSSR count). The number of aryl methyl sites for hydroxylation is 1. The molecule has 19 heavy (non-hydrogen) atoms. The van der Waals surface area contributed by atoms with Crippen molar-refractivity contribution in [2.45, 2.75) is 33.7 Å². The summed E-state index contributed by atoms with van der Waals surface area (Å²) < 4.78 is 5.38. The fourth-order valence-corrected chi connectivity index (χ4v) is 1.98. The van der Waals surface area contributed by atoms with Gasteiger partial charge >= 0.3 is 0 Å². The van der Waals surface area contributed by atoms with E-state index in [0.29, 0.717) is 0 Å². The molecule has 1 aromatic heterocycles. The van der Waals surface area contributed by atoms with Crippen molar-refractivity contribution in [2.24, 2.45) is 0 Å². The second-order valence-corrected chi connectivity index (χ2v) is 4.78. The van der Waals surface area contributed by atoms with Crippen LogP contribution in [0.25, 0.3) is 0 Å². The number of anilines is 1. The number of likely N-dealkylation sites (N-methyl/N-ethyl adjacent to an activating group) is 1. The molecule has 1 N–H and O–H groups in total. The highest BCUT2D eigenvalue weighted by Gasteiger charge is 2.07. The number of aromatic nitrogens is 1. The van der Waals surface area contributed by atoms with Crippen LogP contribution in [0.3, 0.4) is 0 Å². The largest absolute Gasteiger partial charge is 0.380 e. The van der Waals surface area contributed by atoms with Crippen molar-refractivity contribution >= 4 is 5.82 Å². The minimum absolute atomic E-state index is 0.744. The molecule has 0 saturated carbocycles. The van der Waals surface area contributed by atoms with E-state index in [1.807, 2.05) is 13.1 Å². The Kier molecular flexibility index (Phi) is 7.45. The van der Waals surface area contributed by atoms with Gasteiger partial charge in [0.05, 0.1) is 6.61 Å². The van der Waals surface area contributed by atoms with E-state index in [1.54, 1.807) is 0 Å². The maximum Gasteiger partial charge on any atom is 0.131 e. The van der Waals surface area contributed by atoms with Crippen LogP contribution < -0.4 is 10.2 Å². The summed E-state index contributed by atoms with van der Waals surface area (Å²) in [6.45, 7) is 10.6. The zero-order chi connectivity index (χ0) is 14.1. The van der Waals surface area contributed by atoms with E-state index in [2.05, 4.69) is 42.2 Å². The van der Waals surface area contributed by atoms with Crippen molar-refractivity contribution in [3.05, 3.63) is 23.4 Å². The van der Waals surface area contributed by atoms with Crippen molar-refractivity contribution in [1.29, 1.82) is 0 Å². The summed E-state index contributed by atoms with van der Waals surface area (Å²) in [5.41, 5.74) is 2.46. The summed E-state index contributed by atoms with van der Waals surface area (Å²) >= 11 is 0. The Bertz CT molecular complexity index is 368. The van der Waals surface area contributed by atoms with Crippen molar-refractivity contribution in [1.82, 2.24) is 10.3 Å². The van der Waals surface area contributed by atoms with Crippen LogP contribution in [0.1, 0.15) is 31.4 Å². The van der Waals surface area contributed by atoms with E-state index >= 15 is 0 Å². The van der Waals surface area contributed by atoms with Crippen molar-refractivity contribution < 1.29 is 4.74 Å². The monoisotopic (exact) mass is 265 g/mol. The SMILES string of the molecule is CCCNCc1cnc(N(C)CCOCC)c(C)c1. The molecule has 4 heteroatoms. The van der Waals surface area contributed by atoms with Gasteiger partial charge in [-0.3, -0.25) is 0 Å². The number of nitrogens with one attached hydrogen (secondary N) is 1. The lowest BCUT2D eigenvalue weighted by Crippen LogP contribution is -2.24. The van der Waals surface area contributed by atoms with Crippen LogP contribution in [0, 0.1) is 6.92 Å². The van der Waals surface area contributed by atoms with Crippen LogP contribution in [0.2, 0.25) is 0 Å². The molecular formula is C15H27N3O. The van der Waals surface area contributed by atoms with Crippen molar-refractivity contribution in [2.75, 3.05) is 38.3 Å². The molecule has 0 aliphatic rings. The molecule has 0 radical (unpaired) electrons. The molecular weight excluding hydrogens is 238 g/mol. The zero-order valence-corrected chi connectivity index (χ0v) is 12.7. The first-order valence-corrected chi connectivity index (χ1v) is 7.14. The van der Waals surface area contributed by atoms with Gasteiger partial charge in [-0.25, -0.2) is 4.98 Å². The molecule has 0 amide bonds. The molecule has 0 atom stereocenters. The summed E-state index contributed by atoms with van der Waals surface area (Å²) in [6.07, 6.45) is 3.12. The number of nitrogens with zero attached hydrogens (tertiary/aromatic N) is 2. The third-order valence-electron chi connectivity index (χ3n) is 3.00. The standard InChI is InChI=1S/C15H27N3O/c1-5-7-16-11-14-10-13(3)15(17-12-14)18(4)8-9-19-6-2/h10,12,16H,5-9,11H2,1-4H3. The van der Waals surface area contributed by atoms with Gasteiger partial charge in [-0.2, -0.15) is 0 Å². The van der Waals surface area contributed by atoms with Gasteiger partial charge in [0.2, 0.25) is 0 Å². The molecule has 0 fully saturated rings. The predicted molar refractivity (Wildman–Crippen MR) is 80.7 cm³/mol. The third kappa shape index (κ3) is 5.57. The Morgan fingerprint density at radius 1 is 1.37 bits per heavy atom. The van der Waals surface area contributed by atoms with Crippen LogP contribution >= 0.6 is 0 Å². The second-order valence-electron chi connectivity index (χ2n) is 4.78. The predicted octanol–water partition coefficient (Wildman–Crippen LogP) is 2.36. The van der Waals surface area contributed by atoms with E-state index in [1.165, 1.54) is 11.1 Å². The highest BCUT2D eigenvalue weighted by molar-refractivity contribution is 5.46. The molecule has 0 aromatic carbocycles. The number of rotatable bonds is 9. The summed E-state index contributed by atoms with van der Waals surface area (Å²) in [5, 5.41) is 3.40. The number of hydrogen-bond donors (Lipinski definition) is 1. The van der Waals surface area contributed by atoms with Gasteiger partial charge in [0.15, 0.2) is 0 Å². The Balaban J connectivity index is 2.55. The Morgan fingerprint density at radius 3 is 2.79 bits per heavy atom. The van der Waals surface area contributed by atoms with Gasteiger partial charge < -0.3 is 15.0 Å². The Morgan fingerprint density at radius 2 is 2.16 bits per heavy atom. The molecule has 0 spiro atoms. The lowest BCUT2D eigenvalue weighted by molar-refractivity contribution is 0.154. The maximum absolute atomic E-state index is 5.38. The Labute approximate surface area is 117 Å². The van der Waals surface area contributed by atoms with E-state index in [9.17, 15) is 0 Å². The van der Waals surface area contributed by atoms with Gasteiger partial charge in [-0.15, -0.1) is 0 Å². The fraction of sp³-hybridized carbons (Fsp3) is 0.667. The molecule has 1 aromatic rings. The Hall–Kier alpha value is -1.13. The topological polar surface area (TPSA) is 37.4 Å². The molecule has 0 unspecified atom stereocenters. The first-order valence-electron chi connectivity index (χ1n) is 7.14. The number of pyridine rings is 1. The second kappa shape index (κ2) is 8.88. The molecule has 1 heterocycles. The lowest BCUT2D eigenvalue weighted by Gasteiger charge is -2.20. The molecule has 0 aliphatic carbocycles.